The summed E-state index contributed by atoms with van der Waals surface area (Å²) >= 11 is 0. The molecule has 0 atom stereocenters. The van der Waals surface area contributed by atoms with Crippen LogP contribution >= 0.6 is 0 Å². The Hall–Kier alpha value is -1.55. The minimum Gasteiger partial charge on any atom is -0.508 e. The highest BCUT2D eigenvalue weighted by Crippen LogP contribution is 2.16. The zero-order valence-electron chi connectivity index (χ0n) is 9.03. The first-order valence-corrected chi connectivity index (χ1v) is 4.83. The molecule has 82 valence electrons. The fourth-order valence-corrected chi connectivity index (χ4v) is 1.28. The molecule has 4 nitrogen and oxygen atoms in total. The minimum absolute atomic E-state index is 0.0525. The first-order valence-electron chi connectivity index (χ1n) is 4.83. The Morgan fingerprint density at radius 3 is 2.67 bits per heavy atom. The molecule has 0 bridgehead atoms. The average molecular weight is 208 g/mol. The number of nitrogens with one attached hydrogen (secondary N) is 1. The number of amides is 1. The fraction of sp³-hybridized carbons (Fsp3) is 0.364. The molecule has 0 aliphatic rings. The van der Waals surface area contributed by atoms with Gasteiger partial charge >= 0.3 is 0 Å². The maximum atomic E-state index is 11.3. The number of nitrogens with zero attached hydrogens (tertiary/aromatic N) is 1. The van der Waals surface area contributed by atoms with E-state index in [0.29, 0.717) is 12.8 Å². The number of para-hydroxylation sites is 1. The highest BCUT2D eigenvalue weighted by atomic mass is 16.3. The van der Waals surface area contributed by atoms with Gasteiger partial charge in [-0.05, 0) is 18.1 Å². The summed E-state index contributed by atoms with van der Waals surface area (Å²) in [4.78, 5) is 11.3. The van der Waals surface area contributed by atoms with Crippen molar-refractivity contribution in [2.45, 2.75) is 12.8 Å². The van der Waals surface area contributed by atoms with E-state index >= 15 is 0 Å². The Morgan fingerprint density at radius 1 is 1.40 bits per heavy atom. The van der Waals surface area contributed by atoms with Crippen molar-refractivity contribution in [2.24, 2.45) is 0 Å². The Morgan fingerprint density at radius 2 is 2.07 bits per heavy atom. The highest BCUT2D eigenvalue weighted by Gasteiger charge is 2.05. The lowest BCUT2D eigenvalue weighted by Crippen LogP contribution is -2.36. The molecule has 15 heavy (non-hydrogen) atoms. The number of aryl methyl sites for hydroxylation is 1. The van der Waals surface area contributed by atoms with Crippen molar-refractivity contribution in [3.8, 4) is 5.75 Å². The van der Waals surface area contributed by atoms with Crippen LogP contribution in [0.5, 0.6) is 5.75 Å². The van der Waals surface area contributed by atoms with E-state index in [1.165, 1.54) is 0 Å². The van der Waals surface area contributed by atoms with Crippen molar-refractivity contribution in [3.63, 3.8) is 0 Å². The van der Waals surface area contributed by atoms with Crippen LogP contribution in [0.3, 0.4) is 0 Å². The second-order valence-corrected chi connectivity index (χ2v) is 3.56. The molecule has 0 radical (unpaired) electrons. The zero-order valence-corrected chi connectivity index (χ0v) is 9.03. The number of hydrogen-bond acceptors (Lipinski definition) is 3. The van der Waals surface area contributed by atoms with Crippen LogP contribution < -0.4 is 5.43 Å². The fourth-order valence-electron chi connectivity index (χ4n) is 1.28. The number of carbonyl (C=O) groups is 1. The van der Waals surface area contributed by atoms with Crippen LogP contribution in [0.15, 0.2) is 24.3 Å². The van der Waals surface area contributed by atoms with Crippen LogP contribution in [-0.2, 0) is 11.2 Å². The average Bonchev–Trinajstić information content (AvgIpc) is 2.15. The quantitative estimate of drug-likeness (QED) is 0.723. The third-order valence-corrected chi connectivity index (χ3v) is 1.96. The third kappa shape index (κ3) is 3.99. The summed E-state index contributed by atoms with van der Waals surface area (Å²) in [5.74, 6) is 0.193. The first-order chi connectivity index (χ1) is 7.09. The van der Waals surface area contributed by atoms with E-state index < -0.39 is 0 Å². The number of phenolic OH excluding ortho intramolecular Hbond substituents is 1. The summed E-state index contributed by atoms with van der Waals surface area (Å²) < 4.78 is 0. The molecule has 0 fully saturated rings. The van der Waals surface area contributed by atoms with Crippen molar-refractivity contribution in [2.75, 3.05) is 14.1 Å². The van der Waals surface area contributed by atoms with Crippen molar-refractivity contribution < 1.29 is 9.90 Å². The van der Waals surface area contributed by atoms with Crippen molar-refractivity contribution >= 4 is 5.91 Å². The SMILES string of the molecule is CN(C)NC(=O)CCc1ccccc1O. The predicted molar refractivity (Wildman–Crippen MR) is 58.3 cm³/mol. The summed E-state index contributed by atoms with van der Waals surface area (Å²) in [6.07, 6.45) is 0.919. The molecule has 0 heterocycles. The molecule has 4 heteroatoms. The van der Waals surface area contributed by atoms with Gasteiger partial charge in [-0.25, -0.2) is 5.01 Å². The molecule has 0 saturated heterocycles. The smallest absolute Gasteiger partial charge is 0.234 e. The molecule has 0 aliphatic heterocycles. The van der Waals surface area contributed by atoms with E-state index in [2.05, 4.69) is 5.43 Å². The topological polar surface area (TPSA) is 52.6 Å². The molecular formula is C11H16N2O2. The summed E-state index contributed by atoms with van der Waals surface area (Å²) in [6.45, 7) is 0. The Bertz CT molecular complexity index is 337. The molecule has 0 aliphatic carbocycles. The summed E-state index contributed by atoms with van der Waals surface area (Å²) in [5, 5.41) is 11.1. The van der Waals surface area contributed by atoms with Crippen LogP contribution in [0.2, 0.25) is 0 Å². The van der Waals surface area contributed by atoms with Crippen LogP contribution in [-0.4, -0.2) is 30.1 Å². The molecule has 1 aromatic rings. The van der Waals surface area contributed by atoms with Gasteiger partial charge in [-0.1, -0.05) is 18.2 Å². The van der Waals surface area contributed by atoms with Gasteiger partial charge in [0, 0.05) is 20.5 Å². The van der Waals surface area contributed by atoms with E-state index in [-0.39, 0.29) is 11.7 Å². The van der Waals surface area contributed by atoms with Crippen molar-refractivity contribution in [1.82, 2.24) is 10.4 Å². The second-order valence-electron chi connectivity index (χ2n) is 3.56. The number of hydrogen-bond donors (Lipinski definition) is 2. The van der Waals surface area contributed by atoms with E-state index in [1.807, 2.05) is 12.1 Å². The lowest BCUT2D eigenvalue weighted by atomic mass is 10.1. The van der Waals surface area contributed by atoms with Gasteiger partial charge in [0.15, 0.2) is 0 Å². The van der Waals surface area contributed by atoms with E-state index in [0.717, 1.165) is 5.56 Å². The number of hydrazine groups is 1. The van der Waals surface area contributed by atoms with Crippen LogP contribution in [0.1, 0.15) is 12.0 Å². The first kappa shape index (κ1) is 11.5. The molecule has 1 rings (SSSR count). The van der Waals surface area contributed by atoms with Gasteiger partial charge in [0.25, 0.3) is 0 Å². The van der Waals surface area contributed by atoms with Gasteiger partial charge in [0.2, 0.25) is 5.91 Å². The molecule has 2 N–H and O–H groups in total. The number of phenols is 1. The van der Waals surface area contributed by atoms with Gasteiger partial charge in [0.05, 0.1) is 0 Å². The number of rotatable bonds is 4. The number of carbonyl (C=O) groups excluding carboxylic acids is 1. The maximum absolute atomic E-state index is 11.3. The van der Waals surface area contributed by atoms with Gasteiger partial charge in [-0.3, -0.25) is 10.2 Å². The second kappa shape index (κ2) is 5.36. The molecular weight excluding hydrogens is 192 g/mol. The van der Waals surface area contributed by atoms with Gasteiger partial charge in [-0.2, -0.15) is 0 Å². The van der Waals surface area contributed by atoms with E-state index in [4.69, 9.17) is 0 Å². The molecule has 0 unspecified atom stereocenters. The summed E-state index contributed by atoms with van der Waals surface area (Å²) in [7, 11) is 3.52. The summed E-state index contributed by atoms with van der Waals surface area (Å²) in [5.41, 5.74) is 3.44. The minimum atomic E-state index is -0.0525. The van der Waals surface area contributed by atoms with Crippen LogP contribution in [0.25, 0.3) is 0 Å². The Balaban J connectivity index is 2.44. The summed E-state index contributed by atoms with van der Waals surface area (Å²) in [6, 6.07) is 7.05. The number of benzene rings is 1. The predicted octanol–water partition coefficient (Wildman–Crippen LogP) is 0.918. The zero-order chi connectivity index (χ0) is 11.3. The standard InChI is InChI=1S/C11H16N2O2/c1-13(2)12-11(15)8-7-9-5-3-4-6-10(9)14/h3-6,14H,7-8H2,1-2H3,(H,12,15). The largest absolute Gasteiger partial charge is 0.508 e. The molecule has 0 saturated carbocycles. The van der Waals surface area contributed by atoms with Gasteiger partial charge in [-0.15, -0.1) is 0 Å². The lowest BCUT2D eigenvalue weighted by Gasteiger charge is -2.11. The normalized spacial score (nSPS) is 10.3. The Labute approximate surface area is 89.5 Å². The van der Waals surface area contributed by atoms with Crippen molar-refractivity contribution in [3.05, 3.63) is 29.8 Å². The van der Waals surface area contributed by atoms with Crippen molar-refractivity contribution in [1.29, 1.82) is 0 Å². The molecule has 0 spiro atoms. The monoisotopic (exact) mass is 208 g/mol. The molecule has 1 amide bonds. The molecule has 0 aromatic heterocycles. The van der Waals surface area contributed by atoms with E-state index in [9.17, 15) is 9.90 Å². The molecule has 1 aromatic carbocycles. The highest BCUT2D eigenvalue weighted by molar-refractivity contribution is 5.75. The maximum Gasteiger partial charge on any atom is 0.234 e. The Kier molecular flexibility index (Phi) is 4.12. The number of aromatic hydroxyl groups is 1. The lowest BCUT2D eigenvalue weighted by molar-refractivity contribution is -0.124. The third-order valence-electron chi connectivity index (χ3n) is 1.96. The van der Waals surface area contributed by atoms with E-state index in [1.54, 1.807) is 31.2 Å². The van der Waals surface area contributed by atoms with Gasteiger partial charge in [0.1, 0.15) is 5.75 Å². The van der Waals surface area contributed by atoms with Gasteiger partial charge < -0.3 is 5.11 Å². The van der Waals surface area contributed by atoms with Crippen LogP contribution in [0, 0.1) is 0 Å². The van der Waals surface area contributed by atoms with Crippen LogP contribution in [0.4, 0.5) is 0 Å².